The molecule has 2 heteroatoms. The molecule has 0 radical (unpaired) electrons. The van der Waals surface area contributed by atoms with Crippen LogP contribution < -0.4 is 0 Å². The lowest BCUT2D eigenvalue weighted by atomic mass is 9.82. The highest BCUT2D eigenvalue weighted by Gasteiger charge is 2.26. The van der Waals surface area contributed by atoms with Crippen molar-refractivity contribution in [1.29, 1.82) is 0 Å². The maximum Gasteiger partial charge on any atom is 0.0178 e. The van der Waals surface area contributed by atoms with Gasteiger partial charge in [-0.1, -0.05) is 48.8 Å². The molecule has 1 rings (SSSR count). The number of halogens is 1. The Balaban J connectivity index is 2.80. The summed E-state index contributed by atoms with van der Waals surface area (Å²) in [6.07, 6.45) is 1.10. The van der Waals surface area contributed by atoms with Crippen molar-refractivity contribution in [2.24, 2.45) is 5.41 Å². The first-order chi connectivity index (χ1) is 7.30. The van der Waals surface area contributed by atoms with Gasteiger partial charge in [-0.2, -0.15) is 0 Å². The molecule has 90 valence electrons. The second-order valence-corrected chi connectivity index (χ2v) is 6.59. The third-order valence-electron chi connectivity index (χ3n) is 2.97. The first kappa shape index (κ1) is 13.7. The van der Waals surface area contributed by atoms with Gasteiger partial charge in [-0.3, -0.25) is 0 Å². The first-order valence-corrected chi connectivity index (χ1v) is 6.51. The molecule has 0 bridgehead atoms. The van der Waals surface area contributed by atoms with Crippen LogP contribution in [0.1, 0.15) is 26.3 Å². The van der Waals surface area contributed by atoms with Gasteiger partial charge in [0, 0.05) is 10.5 Å². The molecule has 0 saturated heterocycles. The fourth-order valence-corrected chi connectivity index (χ4v) is 2.37. The molecule has 1 unspecified atom stereocenters. The van der Waals surface area contributed by atoms with Gasteiger partial charge in [0.05, 0.1) is 0 Å². The predicted octanol–water partition coefficient (Wildman–Crippen LogP) is 3.97. The summed E-state index contributed by atoms with van der Waals surface area (Å²) in [5, 5.41) is 0. The number of likely N-dealkylation sites (N-methyl/N-ethyl adjacent to an activating group) is 1. The van der Waals surface area contributed by atoms with Gasteiger partial charge in [0.2, 0.25) is 0 Å². The van der Waals surface area contributed by atoms with Crippen LogP contribution in [0.25, 0.3) is 0 Å². The van der Waals surface area contributed by atoms with E-state index in [0.717, 1.165) is 10.9 Å². The fraction of sp³-hybridized carbons (Fsp3) is 0.571. The molecule has 0 aliphatic rings. The number of rotatable bonds is 3. The summed E-state index contributed by atoms with van der Waals surface area (Å²) in [4.78, 5) is 2.32. The predicted molar refractivity (Wildman–Crippen MR) is 74.8 cm³/mol. The lowest BCUT2D eigenvalue weighted by Gasteiger charge is -2.36. The Morgan fingerprint density at radius 3 is 2.00 bits per heavy atom. The van der Waals surface area contributed by atoms with E-state index in [9.17, 15) is 0 Å². The minimum Gasteiger partial charge on any atom is -0.306 e. The van der Waals surface area contributed by atoms with Crippen LogP contribution in [0.15, 0.2) is 28.7 Å². The standard InChI is InChI=1S/C14H22BrN/c1-14(2,3)13(16(4)5)10-11-6-8-12(15)9-7-11/h6-9,13H,10H2,1-5H3. The molecule has 1 aromatic carbocycles. The van der Waals surface area contributed by atoms with Crippen molar-refractivity contribution in [3.63, 3.8) is 0 Å². The van der Waals surface area contributed by atoms with E-state index in [4.69, 9.17) is 0 Å². The average Bonchev–Trinajstić information content (AvgIpc) is 2.14. The molecule has 1 nitrogen and oxygen atoms in total. The fourth-order valence-electron chi connectivity index (χ4n) is 2.11. The Hall–Kier alpha value is -0.340. The average molecular weight is 284 g/mol. The van der Waals surface area contributed by atoms with Crippen LogP contribution in [0.3, 0.4) is 0 Å². The Kier molecular flexibility index (Phi) is 4.57. The van der Waals surface area contributed by atoms with Crippen molar-refractivity contribution in [3.05, 3.63) is 34.3 Å². The van der Waals surface area contributed by atoms with Crippen molar-refractivity contribution >= 4 is 15.9 Å². The molecular weight excluding hydrogens is 262 g/mol. The van der Waals surface area contributed by atoms with Crippen molar-refractivity contribution in [2.75, 3.05) is 14.1 Å². The minimum absolute atomic E-state index is 0.302. The molecule has 0 aliphatic heterocycles. The normalized spacial score (nSPS) is 14.2. The van der Waals surface area contributed by atoms with Crippen LogP contribution in [0.5, 0.6) is 0 Å². The van der Waals surface area contributed by atoms with Crippen LogP contribution in [-0.4, -0.2) is 25.0 Å². The number of hydrogen-bond acceptors (Lipinski definition) is 1. The summed E-state index contributed by atoms with van der Waals surface area (Å²) < 4.78 is 1.15. The quantitative estimate of drug-likeness (QED) is 0.812. The van der Waals surface area contributed by atoms with Gasteiger partial charge >= 0.3 is 0 Å². The molecule has 0 amide bonds. The van der Waals surface area contributed by atoms with E-state index in [-0.39, 0.29) is 0 Å². The maximum absolute atomic E-state index is 3.47. The van der Waals surface area contributed by atoms with E-state index in [1.165, 1.54) is 5.56 Å². The summed E-state index contributed by atoms with van der Waals surface area (Å²) in [5.41, 5.74) is 1.70. The second kappa shape index (κ2) is 5.33. The second-order valence-electron chi connectivity index (χ2n) is 5.68. The van der Waals surface area contributed by atoms with E-state index < -0.39 is 0 Å². The molecule has 0 heterocycles. The molecule has 1 atom stereocenters. The van der Waals surface area contributed by atoms with E-state index in [1.54, 1.807) is 0 Å². The van der Waals surface area contributed by atoms with Gasteiger partial charge < -0.3 is 4.90 Å². The summed E-state index contributed by atoms with van der Waals surface area (Å²) in [6, 6.07) is 9.20. The Morgan fingerprint density at radius 2 is 1.62 bits per heavy atom. The number of hydrogen-bond donors (Lipinski definition) is 0. The number of benzene rings is 1. The molecule has 0 saturated carbocycles. The van der Waals surface area contributed by atoms with E-state index in [1.807, 2.05) is 0 Å². The molecule has 16 heavy (non-hydrogen) atoms. The third kappa shape index (κ3) is 3.91. The lowest BCUT2D eigenvalue weighted by molar-refractivity contribution is 0.152. The van der Waals surface area contributed by atoms with Crippen molar-refractivity contribution in [1.82, 2.24) is 4.90 Å². The zero-order valence-electron chi connectivity index (χ0n) is 10.9. The summed E-state index contributed by atoms with van der Waals surface area (Å²) >= 11 is 3.47. The SMILES string of the molecule is CN(C)C(Cc1ccc(Br)cc1)C(C)(C)C. The molecule has 0 spiro atoms. The third-order valence-corrected chi connectivity index (χ3v) is 3.49. The van der Waals surface area contributed by atoms with Gasteiger partial charge in [-0.25, -0.2) is 0 Å². The molecule has 0 aliphatic carbocycles. The molecule has 0 aromatic heterocycles. The highest BCUT2D eigenvalue weighted by Crippen LogP contribution is 2.26. The van der Waals surface area contributed by atoms with Gasteiger partial charge in [-0.15, -0.1) is 0 Å². The zero-order valence-corrected chi connectivity index (χ0v) is 12.5. The monoisotopic (exact) mass is 283 g/mol. The molecule has 0 N–H and O–H groups in total. The van der Waals surface area contributed by atoms with Gasteiger partial charge in [0.1, 0.15) is 0 Å². The van der Waals surface area contributed by atoms with Gasteiger partial charge in [0.25, 0.3) is 0 Å². The largest absolute Gasteiger partial charge is 0.306 e. The van der Waals surface area contributed by atoms with E-state index in [0.29, 0.717) is 11.5 Å². The van der Waals surface area contributed by atoms with Crippen molar-refractivity contribution in [2.45, 2.75) is 33.2 Å². The Morgan fingerprint density at radius 1 is 1.12 bits per heavy atom. The lowest BCUT2D eigenvalue weighted by Crippen LogP contribution is -2.41. The summed E-state index contributed by atoms with van der Waals surface area (Å²) in [7, 11) is 4.32. The maximum atomic E-state index is 3.47. The highest BCUT2D eigenvalue weighted by molar-refractivity contribution is 9.10. The topological polar surface area (TPSA) is 3.24 Å². The molecule has 1 aromatic rings. The Bertz CT molecular complexity index is 322. The number of nitrogens with zero attached hydrogens (tertiary/aromatic N) is 1. The van der Waals surface area contributed by atoms with E-state index >= 15 is 0 Å². The summed E-state index contributed by atoms with van der Waals surface area (Å²) in [6.45, 7) is 6.91. The zero-order chi connectivity index (χ0) is 12.3. The molecule has 0 fully saturated rings. The van der Waals surface area contributed by atoms with Crippen LogP contribution in [0.4, 0.5) is 0 Å². The van der Waals surface area contributed by atoms with Gasteiger partial charge in [0.15, 0.2) is 0 Å². The van der Waals surface area contributed by atoms with Crippen molar-refractivity contribution in [3.8, 4) is 0 Å². The summed E-state index contributed by atoms with van der Waals surface area (Å²) in [5.74, 6) is 0. The van der Waals surface area contributed by atoms with Crippen molar-refractivity contribution < 1.29 is 0 Å². The minimum atomic E-state index is 0.302. The van der Waals surface area contributed by atoms with Gasteiger partial charge in [-0.05, 0) is 43.6 Å². The van der Waals surface area contributed by atoms with Crippen LogP contribution in [-0.2, 0) is 6.42 Å². The smallest absolute Gasteiger partial charge is 0.0178 e. The van der Waals surface area contributed by atoms with Crippen LogP contribution in [0.2, 0.25) is 0 Å². The van der Waals surface area contributed by atoms with Crippen LogP contribution >= 0.6 is 15.9 Å². The van der Waals surface area contributed by atoms with E-state index in [2.05, 4.69) is 80.0 Å². The Labute approximate surface area is 108 Å². The van der Waals surface area contributed by atoms with Crippen LogP contribution in [0, 0.1) is 5.41 Å². The first-order valence-electron chi connectivity index (χ1n) is 5.71. The molecular formula is C14H22BrN. The highest BCUT2D eigenvalue weighted by atomic mass is 79.9.